The molecule has 164 valence electrons. The highest BCUT2D eigenvalue weighted by Crippen LogP contribution is 2.29. The van der Waals surface area contributed by atoms with Gasteiger partial charge in [0.05, 0.1) is 19.2 Å². The molecule has 1 aliphatic carbocycles. The highest BCUT2D eigenvalue weighted by atomic mass is 16.5. The van der Waals surface area contributed by atoms with Gasteiger partial charge in [-0.05, 0) is 58.8 Å². The zero-order valence-corrected chi connectivity index (χ0v) is 18.0. The zero-order valence-electron chi connectivity index (χ0n) is 18.0. The van der Waals surface area contributed by atoms with Gasteiger partial charge >= 0.3 is 0 Å². The van der Waals surface area contributed by atoms with Crippen molar-refractivity contribution in [1.29, 1.82) is 0 Å². The topological polar surface area (TPSA) is 97.7 Å². The maximum atomic E-state index is 12.5. The minimum absolute atomic E-state index is 0.105. The van der Waals surface area contributed by atoms with Gasteiger partial charge in [0.25, 0.3) is 0 Å². The molecule has 0 atom stereocenters. The average molecular weight is 431 g/mol. The molecule has 2 heterocycles. The smallest absolute Gasteiger partial charge is 0.224 e. The van der Waals surface area contributed by atoms with Crippen LogP contribution in [0.3, 0.4) is 0 Å². The Morgan fingerprint density at radius 2 is 2.06 bits per heavy atom. The molecule has 8 nitrogen and oxygen atoms in total. The van der Waals surface area contributed by atoms with E-state index in [1.54, 1.807) is 7.11 Å². The summed E-state index contributed by atoms with van der Waals surface area (Å²) in [5.41, 5.74) is 3.80. The van der Waals surface area contributed by atoms with Crippen molar-refractivity contribution in [3.8, 4) is 17.1 Å². The third-order valence-electron chi connectivity index (χ3n) is 6.25. The molecule has 8 heteroatoms. The van der Waals surface area contributed by atoms with Crippen LogP contribution in [0.15, 0.2) is 48.7 Å². The predicted octanol–water partition coefficient (Wildman–Crippen LogP) is 4.40. The van der Waals surface area contributed by atoms with Gasteiger partial charge in [0.15, 0.2) is 5.82 Å². The Morgan fingerprint density at radius 3 is 2.84 bits per heavy atom. The van der Waals surface area contributed by atoms with Gasteiger partial charge < -0.3 is 14.6 Å². The molecular weight excluding hydrogens is 404 g/mol. The summed E-state index contributed by atoms with van der Waals surface area (Å²) < 4.78 is 7.79. The third kappa shape index (κ3) is 4.21. The number of carbonyl (C=O) groups excluding carboxylic acids is 1. The number of methoxy groups -OCH3 is 1. The second kappa shape index (κ2) is 8.82. The normalized spacial score (nSPS) is 14.2. The number of fused-ring (bicyclic) bond motifs is 1. The molecule has 1 aliphatic rings. The van der Waals surface area contributed by atoms with Gasteiger partial charge in [-0.15, -0.1) is 5.10 Å². The third-order valence-corrected chi connectivity index (χ3v) is 6.25. The van der Waals surface area contributed by atoms with Crippen LogP contribution in [-0.4, -0.2) is 38.2 Å². The second-order valence-corrected chi connectivity index (χ2v) is 8.40. The van der Waals surface area contributed by atoms with Gasteiger partial charge in [0, 0.05) is 29.4 Å². The van der Waals surface area contributed by atoms with E-state index in [0.29, 0.717) is 24.7 Å². The number of hydrogen-bond acceptors (Lipinski definition) is 5. The Morgan fingerprint density at radius 1 is 1.19 bits per heavy atom. The maximum Gasteiger partial charge on any atom is 0.224 e. The maximum absolute atomic E-state index is 12.5. The van der Waals surface area contributed by atoms with Crippen molar-refractivity contribution in [2.45, 2.75) is 38.6 Å². The van der Waals surface area contributed by atoms with Crippen molar-refractivity contribution in [3.63, 3.8) is 0 Å². The van der Waals surface area contributed by atoms with Gasteiger partial charge in [-0.2, -0.15) is 0 Å². The molecule has 5 rings (SSSR count). The van der Waals surface area contributed by atoms with E-state index < -0.39 is 0 Å². The fourth-order valence-electron chi connectivity index (χ4n) is 4.58. The first-order valence-corrected chi connectivity index (χ1v) is 11.0. The van der Waals surface area contributed by atoms with Crippen molar-refractivity contribution < 1.29 is 9.53 Å². The number of benzene rings is 2. The van der Waals surface area contributed by atoms with E-state index in [4.69, 9.17) is 4.74 Å². The minimum atomic E-state index is 0.105. The summed E-state index contributed by atoms with van der Waals surface area (Å²) >= 11 is 0. The lowest BCUT2D eigenvalue weighted by molar-refractivity contribution is -0.117. The molecule has 0 saturated heterocycles. The fourth-order valence-corrected chi connectivity index (χ4v) is 4.58. The van der Waals surface area contributed by atoms with E-state index in [1.807, 2.05) is 36.4 Å². The quantitative estimate of drug-likeness (QED) is 0.453. The van der Waals surface area contributed by atoms with E-state index in [0.717, 1.165) is 33.5 Å². The van der Waals surface area contributed by atoms with Crippen LogP contribution in [0, 0.1) is 5.92 Å². The summed E-state index contributed by atoms with van der Waals surface area (Å²) in [6, 6.07) is 14.1. The SMILES string of the molecule is COc1cc(-c2nnn[nH]2)ccc1Cn1ccc2ccc(NC(=O)CC3CCCC3)cc21. The number of ether oxygens (including phenoxy) is 1. The number of anilines is 1. The zero-order chi connectivity index (χ0) is 21.9. The van der Waals surface area contributed by atoms with Crippen molar-refractivity contribution in [3.05, 3.63) is 54.2 Å². The van der Waals surface area contributed by atoms with Crippen molar-refractivity contribution in [2.24, 2.45) is 5.92 Å². The number of tetrazole rings is 1. The van der Waals surface area contributed by atoms with Crippen molar-refractivity contribution >= 4 is 22.5 Å². The number of nitrogens with zero attached hydrogens (tertiary/aromatic N) is 4. The number of aromatic amines is 1. The van der Waals surface area contributed by atoms with Crippen LogP contribution in [-0.2, 0) is 11.3 Å². The Hall–Kier alpha value is -3.68. The fraction of sp³-hybridized carbons (Fsp3) is 0.333. The van der Waals surface area contributed by atoms with E-state index in [1.165, 1.54) is 25.7 Å². The monoisotopic (exact) mass is 430 g/mol. The molecule has 4 aromatic rings. The summed E-state index contributed by atoms with van der Waals surface area (Å²) in [7, 11) is 1.66. The minimum Gasteiger partial charge on any atom is -0.496 e. The molecular formula is C24H26N6O2. The van der Waals surface area contributed by atoms with Crippen LogP contribution in [0.5, 0.6) is 5.75 Å². The van der Waals surface area contributed by atoms with Crippen LogP contribution in [0.4, 0.5) is 5.69 Å². The summed E-state index contributed by atoms with van der Waals surface area (Å²) in [6.45, 7) is 0.640. The van der Waals surface area contributed by atoms with Gasteiger partial charge in [0.2, 0.25) is 5.91 Å². The Bertz CT molecular complexity index is 1220. The molecule has 0 spiro atoms. The number of hydrogen-bond donors (Lipinski definition) is 2. The first-order chi connectivity index (χ1) is 15.7. The van der Waals surface area contributed by atoms with Gasteiger partial charge in [-0.25, -0.2) is 5.10 Å². The summed E-state index contributed by atoms with van der Waals surface area (Å²) in [6.07, 6.45) is 7.51. The van der Waals surface area contributed by atoms with E-state index >= 15 is 0 Å². The second-order valence-electron chi connectivity index (χ2n) is 8.40. The Balaban J connectivity index is 1.36. The molecule has 1 amide bonds. The summed E-state index contributed by atoms with van der Waals surface area (Å²) in [5, 5.41) is 18.2. The van der Waals surface area contributed by atoms with E-state index in [9.17, 15) is 4.79 Å². The number of rotatable bonds is 7. The largest absolute Gasteiger partial charge is 0.496 e. The predicted molar refractivity (Wildman–Crippen MR) is 122 cm³/mol. The molecule has 0 aliphatic heterocycles. The first kappa shape index (κ1) is 20.2. The number of H-pyrrole nitrogens is 1. The molecule has 32 heavy (non-hydrogen) atoms. The lowest BCUT2D eigenvalue weighted by atomic mass is 10.0. The highest BCUT2D eigenvalue weighted by Gasteiger charge is 2.18. The first-order valence-electron chi connectivity index (χ1n) is 11.0. The number of aromatic nitrogens is 5. The number of nitrogens with one attached hydrogen (secondary N) is 2. The lowest BCUT2D eigenvalue weighted by Gasteiger charge is -2.13. The Labute approximate surface area is 186 Å². The summed E-state index contributed by atoms with van der Waals surface area (Å²) in [4.78, 5) is 12.5. The molecule has 0 radical (unpaired) electrons. The molecule has 1 fully saturated rings. The van der Waals surface area contributed by atoms with Crippen LogP contribution in [0.2, 0.25) is 0 Å². The highest BCUT2D eigenvalue weighted by molar-refractivity contribution is 5.94. The Kier molecular flexibility index (Phi) is 5.58. The van der Waals surface area contributed by atoms with Gasteiger partial charge in [0.1, 0.15) is 5.75 Å². The van der Waals surface area contributed by atoms with E-state index in [2.05, 4.69) is 42.8 Å². The number of amides is 1. The number of carbonyl (C=O) groups is 1. The van der Waals surface area contributed by atoms with Gasteiger partial charge in [-0.3, -0.25) is 4.79 Å². The molecule has 1 saturated carbocycles. The molecule has 2 N–H and O–H groups in total. The van der Waals surface area contributed by atoms with E-state index in [-0.39, 0.29) is 5.91 Å². The van der Waals surface area contributed by atoms with Crippen LogP contribution < -0.4 is 10.1 Å². The summed E-state index contributed by atoms with van der Waals surface area (Å²) in [5.74, 6) is 2.00. The van der Waals surface area contributed by atoms with Crippen molar-refractivity contribution in [1.82, 2.24) is 25.2 Å². The molecule has 0 bridgehead atoms. The standard InChI is InChI=1S/C24H26N6O2/c1-32-22-13-18(24-26-28-29-27-24)6-7-19(22)15-30-11-10-17-8-9-20(14-21(17)30)25-23(31)12-16-4-2-3-5-16/h6-11,13-14,16H,2-5,12,15H2,1H3,(H,25,31)(H,26,27,28,29). The molecule has 2 aromatic heterocycles. The lowest BCUT2D eigenvalue weighted by Crippen LogP contribution is -2.15. The van der Waals surface area contributed by atoms with Crippen LogP contribution in [0.1, 0.15) is 37.7 Å². The van der Waals surface area contributed by atoms with Crippen molar-refractivity contribution in [2.75, 3.05) is 12.4 Å². The van der Waals surface area contributed by atoms with Crippen LogP contribution >= 0.6 is 0 Å². The molecule has 2 aromatic carbocycles. The average Bonchev–Trinajstić information content (AvgIpc) is 3.57. The van der Waals surface area contributed by atoms with Crippen LogP contribution in [0.25, 0.3) is 22.3 Å². The molecule has 0 unspecified atom stereocenters. The van der Waals surface area contributed by atoms with Gasteiger partial charge in [-0.1, -0.05) is 31.0 Å².